The average molecular weight is 309 g/mol. The Morgan fingerprint density at radius 1 is 1.30 bits per heavy atom. The van der Waals surface area contributed by atoms with Gasteiger partial charge < -0.3 is 4.90 Å². The van der Waals surface area contributed by atoms with E-state index in [-0.39, 0.29) is 11.1 Å². The Hall–Kier alpha value is -1.58. The number of pyridine rings is 1. The summed E-state index contributed by atoms with van der Waals surface area (Å²) in [6.45, 7) is 2.53. The summed E-state index contributed by atoms with van der Waals surface area (Å²) in [5, 5.41) is 0.553. The lowest BCUT2D eigenvalue weighted by atomic mass is 10.1. The van der Waals surface area contributed by atoms with Gasteiger partial charge in [0.15, 0.2) is 0 Å². The molecule has 0 aliphatic carbocycles. The topological polar surface area (TPSA) is 33.2 Å². The van der Waals surface area contributed by atoms with Gasteiger partial charge in [0, 0.05) is 19.8 Å². The lowest BCUT2D eigenvalue weighted by molar-refractivity contribution is 0.0785. The van der Waals surface area contributed by atoms with Crippen LogP contribution in [-0.4, -0.2) is 22.8 Å². The molecule has 0 fully saturated rings. The van der Waals surface area contributed by atoms with E-state index < -0.39 is 0 Å². The first-order chi connectivity index (χ1) is 9.47. The molecule has 2 aromatic rings. The summed E-state index contributed by atoms with van der Waals surface area (Å²) in [6.07, 6.45) is 1.39. The zero-order valence-electron chi connectivity index (χ0n) is 11.2. The molecule has 0 spiro atoms. The zero-order chi connectivity index (χ0) is 14.7. The lowest BCUT2D eigenvalue weighted by Crippen LogP contribution is -2.26. The van der Waals surface area contributed by atoms with Gasteiger partial charge in [-0.25, -0.2) is 4.98 Å². The third-order valence-electron chi connectivity index (χ3n) is 2.90. The predicted octanol–water partition coefficient (Wildman–Crippen LogP) is 3.97. The van der Waals surface area contributed by atoms with Crippen molar-refractivity contribution in [3.8, 4) is 0 Å². The molecule has 0 N–H and O–H groups in total. The zero-order valence-corrected chi connectivity index (χ0v) is 12.7. The molecule has 104 valence electrons. The summed E-state index contributed by atoms with van der Waals surface area (Å²) in [4.78, 5) is 17.8. The average Bonchev–Trinajstić information content (AvgIpc) is 2.40. The van der Waals surface area contributed by atoms with Gasteiger partial charge in [-0.3, -0.25) is 4.79 Å². The van der Waals surface area contributed by atoms with Gasteiger partial charge in [-0.15, -0.1) is 0 Å². The van der Waals surface area contributed by atoms with E-state index in [9.17, 15) is 4.79 Å². The van der Waals surface area contributed by atoms with E-state index in [1.807, 2.05) is 31.2 Å². The molecule has 0 saturated carbocycles. The molecule has 1 aromatic heterocycles. The third kappa shape index (κ3) is 3.50. The smallest absolute Gasteiger partial charge is 0.255 e. The third-order valence-corrected chi connectivity index (χ3v) is 3.41. The van der Waals surface area contributed by atoms with Crippen LogP contribution in [0.15, 0.2) is 36.5 Å². The second-order valence-corrected chi connectivity index (χ2v) is 5.43. The first-order valence-electron chi connectivity index (χ1n) is 6.09. The highest BCUT2D eigenvalue weighted by molar-refractivity contribution is 6.35. The predicted molar refractivity (Wildman–Crippen MR) is 81.2 cm³/mol. The molecule has 0 aliphatic rings. The maximum absolute atomic E-state index is 12.4. The van der Waals surface area contributed by atoms with Gasteiger partial charge in [-0.2, -0.15) is 0 Å². The highest BCUT2D eigenvalue weighted by atomic mass is 35.5. The van der Waals surface area contributed by atoms with Crippen LogP contribution in [0.5, 0.6) is 0 Å². The van der Waals surface area contributed by atoms with Crippen LogP contribution in [0.4, 0.5) is 0 Å². The molecule has 5 heteroatoms. The highest BCUT2D eigenvalue weighted by Crippen LogP contribution is 2.20. The SMILES string of the molecule is Cc1cccc(CN(C)C(=O)c2cc(Cl)ncc2Cl)c1. The maximum atomic E-state index is 12.4. The van der Waals surface area contributed by atoms with Crippen molar-refractivity contribution in [2.24, 2.45) is 0 Å². The number of aryl methyl sites for hydroxylation is 1. The molecule has 0 unspecified atom stereocenters. The Kier molecular flexibility index (Phi) is 4.63. The van der Waals surface area contributed by atoms with E-state index in [2.05, 4.69) is 4.98 Å². The molecule has 0 atom stereocenters. The van der Waals surface area contributed by atoms with Gasteiger partial charge in [-0.05, 0) is 18.6 Å². The summed E-state index contributed by atoms with van der Waals surface area (Å²) in [5.41, 5.74) is 2.59. The van der Waals surface area contributed by atoms with Crippen LogP contribution in [0.25, 0.3) is 0 Å². The number of hydrogen-bond acceptors (Lipinski definition) is 2. The van der Waals surface area contributed by atoms with Crippen LogP contribution in [0.3, 0.4) is 0 Å². The number of carbonyl (C=O) groups is 1. The molecule has 20 heavy (non-hydrogen) atoms. The normalized spacial score (nSPS) is 10.4. The van der Waals surface area contributed by atoms with Crippen molar-refractivity contribution in [3.05, 3.63) is 63.4 Å². The minimum Gasteiger partial charge on any atom is -0.337 e. The molecular weight excluding hydrogens is 295 g/mol. The van der Waals surface area contributed by atoms with Crippen LogP contribution in [-0.2, 0) is 6.54 Å². The second kappa shape index (κ2) is 6.25. The Balaban J connectivity index is 2.18. The van der Waals surface area contributed by atoms with E-state index in [0.29, 0.717) is 17.1 Å². The number of amides is 1. The Morgan fingerprint density at radius 3 is 2.75 bits per heavy atom. The van der Waals surface area contributed by atoms with Crippen LogP contribution in [0.1, 0.15) is 21.5 Å². The van der Waals surface area contributed by atoms with Gasteiger partial charge in [-0.1, -0.05) is 53.0 Å². The summed E-state index contributed by atoms with van der Waals surface area (Å²) in [7, 11) is 1.73. The molecule has 1 amide bonds. The van der Waals surface area contributed by atoms with Crippen molar-refractivity contribution >= 4 is 29.1 Å². The number of halogens is 2. The number of nitrogens with zero attached hydrogens (tertiary/aromatic N) is 2. The largest absolute Gasteiger partial charge is 0.337 e. The first-order valence-corrected chi connectivity index (χ1v) is 6.85. The van der Waals surface area contributed by atoms with E-state index in [4.69, 9.17) is 23.2 Å². The van der Waals surface area contributed by atoms with Gasteiger partial charge >= 0.3 is 0 Å². The summed E-state index contributed by atoms with van der Waals surface area (Å²) in [5.74, 6) is -0.180. The highest BCUT2D eigenvalue weighted by Gasteiger charge is 2.16. The fourth-order valence-corrected chi connectivity index (χ4v) is 2.28. The van der Waals surface area contributed by atoms with E-state index >= 15 is 0 Å². The van der Waals surface area contributed by atoms with E-state index in [1.165, 1.54) is 12.3 Å². The maximum Gasteiger partial charge on any atom is 0.255 e. The quantitative estimate of drug-likeness (QED) is 0.804. The van der Waals surface area contributed by atoms with Crippen molar-refractivity contribution < 1.29 is 4.79 Å². The molecule has 0 radical (unpaired) electrons. The first kappa shape index (κ1) is 14.8. The van der Waals surface area contributed by atoms with E-state index in [1.54, 1.807) is 11.9 Å². The minimum atomic E-state index is -0.180. The number of hydrogen-bond donors (Lipinski definition) is 0. The molecule has 3 nitrogen and oxygen atoms in total. The Morgan fingerprint density at radius 2 is 2.05 bits per heavy atom. The fraction of sp³-hybridized carbons (Fsp3) is 0.200. The fourth-order valence-electron chi connectivity index (χ4n) is 1.94. The van der Waals surface area contributed by atoms with Crippen molar-refractivity contribution in [1.82, 2.24) is 9.88 Å². The lowest BCUT2D eigenvalue weighted by Gasteiger charge is -2.18. The van der Waals surface area contributed by atoms with E-state index in [0.717, 1.165) is 11.1 Å². The van der Waals surface area contributed by atoms with Crippen LogP contribution in [0.2, 0.25) is 10.2 Å². The molecule has 1 heterocycles. The van der Waals surface area contributed by atoms with Gasteiger partial charge in [0.25, 0.3) is 5.91 Å². The van der Waals surface area contributed by atoms with Gasteiger partial charge in [0.2, 0.25) is 0 Å². The van der Waals surface area contributed by atoms with Crippen LogP contribution >= 0.6 is 23.2 Å². The summed E-state index contributed by atoms with van der Waals surface area (Å²) < 4.78 is 0. The van der Waals surface area contributed by atoms with Gasteiger partial charge in [0.05, 0.1) is 10.6 Å². The molecule has 2 rings (SSSR count). The Labute approximate surface area is 128 Å². The molecule has 0 aliphatic heterocycles. The molecular formula is C15H14Cl2N2O. The number of carbonyl (C=O) groups excluding carboxylic acids is 1. The number of benzene rings is 1. The molecule has 1 aromatic carbocycles. The van der Waals surface area contributed by atoms with Crippen LogP contribution < -0.4 is 0 Å². The number of rotatable bonds is 3. The monoisotopic (exact) mass is 308 g/mol. The number of aromatic nitrogens is 1. The minimum absolute atomic E-state index is 0.180. The standard InChI is InChI=1S/C15H14Cl2N2O/c1-10-4-3-5-11(6-10)9-19(2)15(20)12-7-14(17)18-8-13(12)16/h3-8H,9H2,1-2H3. The summed E-state index contributed by atoms with van der Waals surface area (Å²) >= 11 is 11.8. The van der Waals surface area contributed by atoms with Crippen molar-refractivity contribution in [1.29, 1.82) is 0 Å². The molecule has 0 bridgehead atoms. The summed E-state index contributed by atoms with van der Waals surface area (Å²) in [6, 6.07) is 9.51. The Bertz CT molecular complexity index is 644. The van der Waals surface area contributed by atoms with Gasteiger partial charge in [0.1, 0.15) is 5.15 Å². The van der Waals surface area contributed by atoms with Crippen molar-refractivity contribution in [3.63, 3.8) is 0 Å². The van der Waals surface area contributed by atoms with Crippen molar-refractivity contribution in [2.75, 3.05) is 7.05 Å². The second-order valence-electron chi connectivity index (χ2n) is 4.64. The van der Waals surface area contributed by atoms with Crippen LogP contribution in [0, 0.1) is 6.92 Å². The molecule has 0 saturated heterocycles. The van der Waals surface area contributed by atoms with Crippen molar-refractivity contribution in [2.45, 2.75) is 13.5 Å².